The van der Waals surface area contributed by atoms with Crippen LogP contribution < -0.4 is 10.6 Å². The number of fused-ring (bicyclic) bond motifs is 2. The normalized spacial score (nSPS) is 17.8. The number of anilines is 2. The molecule has 4 aromatic rings. The van der Waals surface area contributed by atoms with Gasteiger partial charge in [0.15, 0.2) is 0 Å². The van der Waals surface area contributed by atoms with Gasteiger partial charge in [0.2, 0.25) is 17.8 Å². The van der Waals surface area contributed by atoms with Crippen LogP contribution in [0.1, 0.15) is 97.6 Å². The van der Waals surface area contributed by atoms with Crippen LogP contribution in [0.5, 0.6) is 0 Å². The van der Waals surface area contributed by atoms with Crippen molar-refractivity contribution in [3.8, 4) is 22.5 Å². The first-order valence-corrected chi connectivity index (χ1v) is 23.6. The minimum absolute atomic E-state index is 0.0493. The highest BCUT2D eigenvalue weighted by atomic mass is 35.5. The van der Waals surface area contributed by atoms with Crippen molar-refractivity contribution in [3.63, 3.8) is 0 Å². The van der Waals surface area contributed by atoms with Crippen molar-refractivity contribution < 1.29 is 33.4 Å². The van der Waals surface area contributed by atoms with E-state index in [1.54, 1.807) is 44.1 Å². The van der Waals surface area contributed by atoms with Gasteiger partial charge in [-0.25, -0.2) is 19.9 Å². The van der Waals surface area contributed by atoms with Crippen molar-refractivity contribution in [2.45, 2.75) is 96.4 Å². The van der Waals surface area contributed by atoms with Crippen molar-refractivity contribution in [1.82, 2.24) is 34.6 Å². The third-order valence-corrected chi connectivity index (χ3v) is 12.8. The lowest BCUT2D eigenvalue weighted by Crippen LogP contribution is -2.42. The number of likely N-dealkylation sites (tertiary alicyclic amines) is 1. The van der Waals surface area contributed by atoms with Gasteiger partial charge in [-0.2, -0.15) is 0 Å². The number of ether oxygens (including phenoxy) is 3. The summed E-state index contributed by atoms with van der Waals surface area (Å²) in [7, 11) is 0. The standard InChI is InChI=1S/C24H28ClN5O3.C24H29ClN4O4/c25-20-14-26-24(27-18-6-11-33-12-7-18)28-22(20)16-3-4-17-15-30(23(32)19(17)13-16)10-5-21(31)29-8-1-2-9-29;1-24(2,3)33-20(30)14-29-9-6-15-4-5-16(12-18(15)22(29)31)21-19(25)13-26-23(28-21)27-17-7-10-32-11-8-17/h3-4,13-14,18H,1-2,5-12,15H2,(H,26,27,28);4-5,12-13,17H,6-11,14H2,1-3H3,(H,26,27,28). The fourth-order valence-corrected chi connectivity index (χ4v) is 9.12. The summed E-state index contributed by atoms with van der Waals surface area (Å²) in [6.45, 7) is 11.3. The Morgan fingerprint density at radius 2 is 1.26 bits per heavy atom. The Morgan fingerprint density at radius 1 is 0.742 bits per heavy atom. The van der Waals surface area contributed by atoms with Crippen LogP contribution in [0, 0.1) is 0 Å². The summed E-state index contributed by atoms with van der Waals surface area (Å²) >= 11 is 12.8. The van der Waals surface area contributed by atoms with E-state index in [9.17, 15) is 19.2 Å². The van der Waals surface area contributed by atoms with Gasteiger partial charge >= 0.3 is 5.97 Å². The molecule has 2 N–H and O–H groups in total. The quantitative estimate of drug-likeness (QED) is 0.146. The monoisotopic (exact) mass is 941 g/mol. The molecular weight excluding hydrogens is 885 g/mol. The highest BCUT2D eigenvalue weighted by Crippen LogP contribution is 2.33. The smallest absolute Gasteiger partial charge is 0.326 e. The van der Waals surface area contributed by atoms with E-state index in [-0.39, 0.29) is 36.3 Å². The van der Waals surface area contributed by atoms with Gasteiger partial charge in [0.25, 0.3) is 11.8 Å². The molecule has 7 heterocycles. The molecule has 0 aliphatic carbocycles. The fourth-order valence-electron chi connectivity index (χ4n) is 8.72. The molecule has 18 heteroatoms. The molecule has 3 amide bonds. The highest BCUT2D eigenvalue weighted by molar-refractivity contribution is 6.33. The zero-order valence-corrected chi connectivity index (χ0v) is 39.3. The summed E-state index contributed by atoms with van der Waals surface area (Å²) in [5.41, 5.74) is 5.16. The molecule has 5 aliphatic heterocycles. The third-order valence-electron chi connectivity index (χ3n) is 12.2. The van der Waals surface area contributed by atoms with Gasteiger partial charge in [0, 0.05) is 99.9 Å². The Bertz CT molecular complexity index is 2430. The molecule has 0 unspecified atom stereocenters. The largest absolute Gasteiger partial charge is 0.459 e. The van der Waals surface area contributed by atoms with Crippen LogP contribution in [0.4, 0.5) is 11.9 Å². The number of rotatable bonds is 11. The van der Waals surface area contributed by atoms with Crippen LogP contribution in [-0.2, 0) is 36.8 Å². The highest BCUT2D eigenvalue weighted by Gasteiger charge is 2.31. The molecule has 66 heavy (non-hydrogen) atoms. The number of aromatic nitrogens is 4. The number of hydrogen-bond donors (Lipinski definition) is 2. The molecule has 0 saturated carbocycles. The molecule has 2 aromatic carbocycles. The molecular formula is C48H57Cl2N9O7. The van der Waals surface area contributed by atoms with E-state index in [0.717, 1.165) is 87.1 Å². The fraction of sp³-hybridized carbons (Fsp3) is 0.500. The predicted molar refractivity (Wildman–Crippen MR) is 251 cm³/mol. The summed E-state index contributed by atoms with van der Waals surface area (Å²) in [4.78, 5) is 73.9. The summed E-state index contributed by atoms with van der Waals surface area (Å²) in [5, 5.41) is 7.55. The van der Waals surface area contributed by atoms with Gasteiger partial charge < -0.3 is 39.5 Å². The second-order valence-corrected chi connectivity index (χ2v) is 19.0. The van der Waals surface area contributed by atoms with Crippen molar-refractivity contribution in [3.05, 3.63) is 81.1 Å². The van der Waals surface area contributed by atoms with Gasteiger partial charge in [-0.15, -0.1) is 0 Å². The van der Waals surface area contributed by atoms with Gasteiger partial charge in [-0.05, 0) is 89.0 Å². The molecule has 0 spiro atoms. The van der Waals surface area contributed by atoms with Gasteiger partial charge in [-0.1, -0.05) is 47.5 Å². The molecule has 350 valence electrons. The number of carbonyl (C=O) groups excluding carboxylic acids is 4. The Labute approximate surface area is 395 Å². The lowest BCUT2D eigenvalue weighted by molar-refractivity contribution is -0.155. The number of halogens is 2. The van der Waals surface area contributed by atoms with Crippen LogP contribution in [0.15, 0.2) is 48.8 Å². The van der Waals surface area contributed by atoms with Gasteiger partial charge in [0.05, 0.1) is 33.8 Å². The molecule has 0 atom stereocenters. The van der Waals surface area contributed by atoms with Crippen LogP contribution in [0.25, 0.3) is 22.5 Å². The first-order valence-electron chi connectivity index (χ1n) is 22.9. The average Bonchev–Trinajstić information content (AvgIpc) is 3.96. The first kappa shape index (κ1) is 47.1. The number of nitrogens with one attached hydrogen (secondary N) is 2. The van der Waals surface area contributed by atoms with Crippen LogP contribution in [-0.4, -0.2) is 135 Å². The zero-order chi connectivity index (χ0) is 46.4. The SMILES string of the molecule is CC(C)(C)OC(=O)CN1CCc2ccc(-c3nc(NC4CCOCC4)ncc3Cl)cc2C1=O.O=C(CCN1Cc2ccc(-c3nc(NC4CCOCC4)ncc3Cl)cc2C1=O)N1CCCC1. The Kier molecular flexibility index (Phi) is 15.0. The topological polar surface area (TPSA) is 181 Å². The molecule has 2 aromatic heterocycles. The number of amides is 3. The molecule has 5 aliphatic rings. The summed E-state index contributed by atoms with van der Waals surface area (Å²) in [5.74, 6) is 0.487. The lowest BCUT2D eigenvalue weighted by Gasteiger charge is -2.29. The Morgan fingerprint density at radius 3 is 1.80 bits per heavy atom. The molecule has 0 radical (unpaired) electrons. The van der Waals surface area contributed by atoms with Crippen molar-refractivity contribution in [2.24, 2.45) is 0 Å². The van der Waals surface area contributed by atoms with Crippen LogP contribution >= 0.6 is 23.2 Å². The molecule has 3 fully saturated rings. The minimum Gasteiger partial charge on any atom is -0.459 e. The number of carbonyl (C=O) groups is 4. The van der Waals surface area contributed by atoms with Crippen molar-refractivity contribution >= 4 is 58.8 Å². The van der Waals surface area contributed by atoms with Crippen molar-refractivity contribution in [1.29, 1.82) is 0 Å². The Balaban J connectivity index is 0.000000179. The van der Waals surface area contributed by atoms with E-state index < -0.39 is 11.6 Å². The van der Waals surface area contributed by atoms with Gasteiger partial charge in [-0.3, -0.25) is 19.2 Å². The maximum absolute atomic E-state index is 13.1. The zero-order valence-electron chi connectivity index (χ0n) is 37.7. The van der Waals surface area contributed by atoms with E-state index in [1.165, 1.54) is 4.90 Å². The van der Waals surface area contributed by atoms with Crippen LogP contribution in [0.2, 0.25) is 10.0 Å². The number of nitrogens with zero attached hydrogens (tertiary/aromatic N) is 7. The van der Waals surface area contributed by atoms with Crippen molar-refractivity contribution in [2.75, 3.05) is 69.8 Å². The van der Waals surface area contributed by atoms with E-state index >= 15 is 0 Å². The second-order valence-electron chi connectivity index (χ2n) is 18.2. The minimum atomic E-state index is -0.596. The maximum Gasteiger partial charge on any atom is 0.326 e. The molecule has 9 rings (SSSR count). The van der Waals surface area contributed by atoms with Gasteiger partial charge in [0.1, 0.15) is 12.1 Å². The molecule has 16 nitrogen and oxygen atoms in total. The first-order chi connectivity index (χ1) is 31.8. The van der Waals surface area contributed by atoms with E-state index in [1.807, 2.05) is 35.2 Å². The average molecular weight is 943 g/mol. The second kappa shape index (κ2) is 21.0. The predicted octanol–water partition coefficient (Wildman–Crippen LogP) is 7.08. The number of esters is 1. The summed E-state index contributed by atoms with van der Waals surface area (Å²) < 4.78 is 16.2. The summed E-state index contributed by atoms with van der Waals surface area (Å²) in [6.07, 6.45) is 9.93. The summed E-state index contributed by atoms with van der Waals surface area (Å²) in [6, 6.07) is 11.9. The van der Waals surface area contributed by atoms with E-state index in [4.69, 9.17) is 37.4 Å². The molecule has 0 bridgehead atoms. The Hall–Kier alpha value is -5.42. The van der Waals surface area contributed by atoms with E-state index in [2.05, 4.69) is 30.6 Å². The third kappa shape index (κ3) is 11.7. The van der Waals surface area contributed by atoms with Crippen LogP contribution in [0.3, 0.4) is 0 Å². The van der Waals surface area contributed by atoms with E-state index in [0.29, 0.717) is 90.1 Å². The maximum atomic E-state index is 13.1. The number of hydrogen-bond acceptors (Lipinski definition) is 13. The molecule has 3 saturated heterocycles. The lowest BCUT2D eigenvalue weighted by atomic mass is 9.95. The number of benzene rings is 2.